The third kappa shape index (κ3) is 2.32. The molecule has 0 aliphatic rings. The van der Waals surface area contributed by atoms with Crippen LogP contribution in [0.5, 0.6) is 0 Å². The monoisotopic (exact) mass is 285 g/mol. The van der Waals surface area contributed by atoms with E-state index in [4.69, 9.17) is 4.42 Å². The maximum absolute atomic E-state index is 5.34. The molecule has 2 heterocycles. The van der Waals surface area contributed by atoms with Gasteiger partial charge in [0.05, 0.1) is 12.0 Å². The summed E-state index contributed by atoms with van der Waals surface area (Å²) in [5, 5.41) is 1.86. The predicted molar refractivity (Wildman–Crippen MR) is 66.4 cm³/mol. The highest BCUT2D eigenvalue weighted by Gasteiger charge is 2.12. The molecular weight excluding hydrogens is 274 g/mol. The number of thiazole rings is 1. The first-order valence-electron chi connectivity index (χ1n) is 4.93. The summed E-state index contributed by atoms with van der Waals surface area (Å²) < 4.78 is 5.34. The van der Waals surface area contributed by atoms with Crippen LogP contribution in [0, 0.1) is 0 Å². The smallest absolute Gasteiger partial charge is 0.162 e. The van der Waals surface area contributed by atoms with Crippen LogP contribution < -0.4 is 0 Å². The average Bonchev–Trinajstić information content (AvgIpc) is 2.84. The minimum Gasteiger partial charge on any atom is -0.462 e. The molecule has 0 bridgehead atoms. The van der Waals surface area contributed by atoms with Gasteiger partial charge in [-0.05, 0) is 18.6 Å². The Bertz CT molecular complexity index is 422. The van der Waals surface area contributed by atoms with E-state index in [1.54, 1.807) is 17.6 Å². The molecule has 4 heteroatoms. The zero-order valence-electron chi connectivity index (χ0n) is 8.50. The lowest BCUT2D eigenvalue weighted by molar-refractivity contribution is 0.581. The van der Waals surface area contributed by atoms with Crippen LogP contribution in [0.2, 0.25) is 0 Å². The molecular formula is C11H12BrNOS. The van der Waals surface area contributed by atoms with E-state index in [0.29, 0.717) is 0 Å². The molecule has 15 heavy (non-hydrogen) atoms. The molecule has 0 N–H and O–H groups in total. The number of aryl methyl sites for hydroxylation is 1. The number of aromatic nitrogens is 1. The summed E-state index contributed by atoms with van der Waals surface area (Å²) in [4.78, 5) is 5.92. The topological polar surface area (TPSA) is 26.0 Å². The molecule has 0 amide bonds. The Hall–Kier alpha value is -0.610. The number of furan rings is 1. The van der Waals surface area contributed by atoms with Crippen molar-refractivity contribution in [3.63, 3.8) is 0 Å². The van der Waals surface area contributed by atoms with E-state index in [2.05, 4.69) is 27.8 Å². The van der Waals surface area contributed by atoms with Crippen molar-refractivity contribution in [2.24, 2.45) is 0 Å². The number of hydrogen-bond acceptors (Lipinski definition) is 3. The lowest BCUT2D eigenvalue weighted by Crippen LogP contribution is -1.87. The molecule has 2 aromatic rings. The van der Waals surface area contributed by atoms with Crippen LogP contribution in [0.4, 0.5) is 0 Å². The Labute approximate surface area is 101 Å². The highest BCUT2D eigenvalue weighted by molar-refractivity contribution is 9.08. The quantitative estimate of drug-likeness (QED) is 0.785. The number of alkyl halides is 1. The van der Waals surface area contributed by atoms with Gasteiger partial charge in [0.25, 0.3) is 0 Å². The second-order valence-electron chi connectivity index (χ2n) is 3.25. The van der Waals surface area contributed by atoms with Gasteiger partial charge in [-0.1, -0.05) is 29.3 Å². The van der Waals surface area contributed by atoms with Gasteiger partial charge < -0.3 is 4.42 Å². The van der Waals surface area contributed by atoms with Gasteiger partial charge in [-0.3, -0.25) is 0 Å². The molecule has 0 fully saturated rings. The zero-order chi connectivity index (χ0) is 10.7. The van der Waals surface area contributed by atoms with Gasteiger partial charge in [0.1, 0.15) is 0 Å². The van der Waals surface area contributed by atoms with Crippen molar-refractivity contribution in [3.05, 3.63) is 29.0 Å². The van der Waals surface area contributed by atoms with Crippen molar-refractivity contribution < 1.29 is 4.42 Å². The number of halogens is 1. The molecule has 0 unspecified atom stereocenters. The van der Waals surface area contributed by atoms with Crippen molar-refractivity contribution in [2.75, 3.05) is 0 Å². The number of nitrogens with zero attached hydrogens (tertiary/aromatic N) is 1. The Morgan fingerprint density at radius 2 is 2.40 bits per heavy atom. The van der Waals surface area contributed by atoms with Crippen LogP contribution in [0.15, 0.2) is 22.8 Å². The summed E-state index contributed by atoms with van der Waals surface area (Å²) in [6, 6.07) is 3.84. The summed E-state index contributed by atoms with van der Waals surface area (Å²) in [5.41, 5.74) is 1.20. The van der Waals surface area contributed by atoms with Crippen LogP contribution in [0.3, 0.4) is 0 Å². The molecule has 2 aromatic heterocycles. The second kappa shape index (κ2) is 4.94. The highest BCUT2D eigenvalue weighted by Crippen LogP contribution is 2.30. The maximum atomic E-state index is 5.34. The van der Waals surface area contributed by atoms with Gasteiger partial charge >= 0.3 is 0 Å². The first-order valence-corrected chi connectivity index (χ1v) is 6.87. The lowest BCUT2D eigenvalue weighted by Gasteiger charge is -1.93. The molecule has 0 radical (unpaired) electrons. The Morgan fingerprint density at radius 1 is 1.53 bits per heavy atom. The first-order chi connectivity index (χ1) is 7.35. The summed E-state index contributed by atoms with van der Waals surface area (Å²) >= 11 is 5.20. The summed E-state index contributed by atoms with van der Waals surface area (Å²) in [7, 11) is 0. The standard InChI is InChI=1S/C11H12BrNOS/c1-2-4-8-10(7-12)15-11(13-8)9-5-3-6-14-9/h3,5-6H,2,4,7H2,1H3. The minimum absolute atomic E-state index is 0.865. The van der Waals surface area contributed by atoms with Crippen LogP contribution in [0.1, 0.15) is 23.9 Å². The van der Waals surface area contributed by atoms with Crippen LogP contribution in [-0.2, 0) is 11.8 Å². The fourth-order valence-electron chi connectivity index (χ4n) is 1.43. The summed E-state index contributed by atoms with van der Waals surface area (Å²) in [5.74, 6) is 0.865. The van der Waals surface area contributed by atoms with Gasteiger partial charge in [-0.2, -0.15) is 0 Å². The molecule has 0 aliphatic carbocycles. The molecule has 0 aliphatic heterocycles. The fourth-order valence-corrected chi connectivity index (χ4v) is 3.02. The lowest BCUT2D eigenvalue weighted by atomic mass is 10.2. The predicted octanol–water partition coefficient (Wildman–Crippen LogP) is 4.25. The minimum atomic E-state index is 0.865. The third-order valence-corrected chi connectivity index (χ3v) is 4.16. The van der Waals surface area contributed by atoms with Gasteiger partial charge in [-0.25, -0.2) is 4.98 Å². The molecule has 80 valence electrons. The van der Waals surface area contributed by atoms with Gasteiger partial charge in [0.15, 0.2) is 10.8 Å². The van der Waals surface area contributed by atoms with Crippen molar-refractivity contribution in [1.82, 2.24) is 4.98 Å². The van der Waals surface area contributed by atoms with E-state index in [1.807, 2.05) is 12.1 Å². The molecule has 0 atom stereocenters. The van der Waals surface area contributed by atoms with Crippen molar-refractivity contribution in [1.29, 1.82) is 0 Å². The molecule has 0 saturated carbocycles. The first kappa shape index (κ1) is 10.9. The normalized spacial score (nSPS) is 10.8. The molecule has 0 saturated heterocycles. The summed E-state index contributed by atoms with van der Waals surface area (Å²) in [6.45, 7) is 2.17. The van der Waals surface area contributed by atoms with E-state index in [1.165, 1.54) is 10.6 Å². The molecule has 0 aromatic carbocycles. The summed E-state index contributed by atoms with van der Waals surface area (Å²) in [6.07, 6.45) is 3.85. The molecule has 0 spiro atoms. The van der Waals surface area contributed by atoms with E-state index >= 15 is 0 Å². The largest absolute Gasteiger partial charge is 0.462 e. The third-order valence-electron chi connectivity index (χ3n) is 2.12. The Morgan fingerprint density at radius 3 is 3.00 bits per heavy atom. The van der Waals surface area contributed by atoms with Crippen molar-refractivity contribution in [2.45, 2.75) is 25.1 Å². The fraction of sp³-hybridized carbons (Fsp3) is 0.364. The van der Waals surface area contributed by atoms with E-state index in [9.17, 15) is 0 Å². The molecule has 2 rings (SSSR count). The maximum Gasteiger partial charge on any atom is 0.162 e. The van der Waals surface area contributed by atoms with Gasteiger partial charge in [0, 0.05) is 10.2 Å². The van der Waals surface area contributed by atoms with E-state index in [0.717, 1.165) is 28.9 Å². The van der Waals surface area contributed by atoms with Crippen LogP contribution >= 0.6 is 27.3 Å². The zero-order valence-corrected chi connectivity index (χ0v) is 10.9. The average molecular weight is 286 g/mol. The number of hydrogen-bond donors (Lipinski definition) is 0. The Balaban J connectivity index is 2.34. The van der Waals surface area contributed by atoms with Gasteiger partial charge in [-0.15, -0.1) is 11.3 Å². The SMILES string of the molecule is CCCc1nc(-c2ccco2)sc1CBr. The van der Waals surface area contributed by atoms with Crippen LogP contribution in [-0.4, -0.2) is 4.98 Å². The van der Waals surface area contributed by atoms with E-state index in [-0.39, 0.29) is 0 Å². The van der Waals surface area contributed by atoms with Crippen molar-refractivity contribution >= 4 is 27.3 Å². The van der Waals surface area contributed by atoms with Gasteiger partial charge in [0.2, 0.25) is 0 Å². The Kier molecular flexibility index (Phi) is 3.59. The molecule has 2 nitrogen and oxygen atoms in total. The second-order valence-corrected chi connectivity index (χ2v) is 4.89. The van der Waals surface area contributed by atoms with E-state index < -0.39 is 0 Å². The highest BCUT2D eigenvalue weighted by atomic mass is 79.9. The van der Waals surface area contributed by atoms with Crippen LogP contribution in [0.25, 0.3) is 10.8 Å². The number of rotatable bonds is 4. The van der Waals surface area contributed by atoms with Crippen molar-refractivity contribution in [3.8, 4) is 10.8 Å².